The fourth-order valence-electron chi connectivity index (χ4n) is 2.69. The van der Waals surface area contributed by atoms with Crippen molar-refractivity contribution in [2.45, 2.75) is 0 Å². The first-order valence-corrected chi connectivity index (χ1v) is 8.84. The summed E-state index contributed by atoms with van der Waals surface area (Å²) >= 11 is 6.33. The van der Waals surface area contributed by atoms with Crippen LogP contribution in [0, 0.1) is 5.82 Å². The lowest BCUT2D eigenvalue weighted by atomic mass is 10.2. The maximum Gasteiger partial charge on any atom is 0.295 e. The molecule has 4 rings (SSSR count). The molecule has 0 spiro atoms. The normalized spacial score (nSPS) is 10.6. The molecule has 7 heteroatoms. The van der Waals surface area contributed by atoms with Gasteiger partial charge in [0.15, 0.2) is 5.82 Å². The molecule has 1 N–H and O–H groups in total. The molecule has 0 fully saturated rings. The van der Waals surface area contributed by atoms with Crippen LogP contribution in [0.15, 0.2) is 78.9 Å². The average molecular weight is 393 g/mol. The number of para-hydroxylation sites is 1. The average Bonchev–Trinajstić information content (AvgIpc) is 3.16. The lowest BCUT2D eigenvalue weighted by molar-refractivity contribution is 0.101. The van der Waals surface area contributed by atoms with Gasteiger partial charge in [-0.3, -0.25) is 4.79 Å². The summed E-state index contributed by atoms with van der Waals surface area (Å²) in [4.78, 5) is 17.1. The number of aromatic nitrogens is 3. The molecular formula is C21H14ClFN4O. The van der Waals surface area contributed by atoms with Crippen LogP contribution >= 0.6 is 11.6 Å². The van der Waals surface area contributed by atoms with Crippen LogP contribution in [-0.2, 0) is 0 Å². The van der Waals surface area contributed by atoms with E-state index in [9.17, 15) is 9.18 Å². The molecule has 1 heterocycles. The Hall–Kier alpha value is -3.51. The van der Waals surface area contributed by atoms with Crippen molar-refractivity contribution in [2.75, 3.05) is 5.32 Å². The van der Waals surface area contributed by atoms with Gasteiger partial charge in [-0.2, -0.15) is 0 Å². The highest BCUT2D eigenvalue weighted by Crippen LogP contribution is 2.26. The van der Waals surface area contributed by atoms with Gasteiger partial charge in [0, 0.05) is 11.3 Å². The summed E-state index contributed by atoms with van der Waals surface area (Å²) in [6.45, 7) is 0. The Kier molecular flexibility index (Phi) is 4.87. The Balaban J connectivity index is 1.76. The number of carbonyl (C=O) groups is 1. The van der Waals surface area contributed by atoms with E-state index in [0.29, 0.717) is 22.2 Å². The van der Waals surface area contributed by atoms with E-state index in [1.807, 2.05) is 42.5 Å². The SMILES string of the molecule is O=C(Nc1ccc(F)cc1)c1nc(-c2ccccc2)n(-c2ccccc2Cl)n1. The highest BCUT2D eigenvalue weighted by atomic mass is 35.5. The number of benzene rings is 3. The van der Waals surface area contributed by atoms with Gasteiger partial charge in [0.2, 0.25) is 5.82 Å². The molecule has 0 bridgehead atoms. The van der Waals surface area contributed by atoms with Gasteiger partial charge in [0.05, 0.1) is 10.7 Å². The summed E-state index contributed by atoms with van der Waals surface area (Å²) in [5, 5.41) is 7.51. The quantitative estimate of drug-likeness (QED) is 0.533. The van der Waals surface area contributed by atoms with Crippen LogP contribution in [0.2, 0.25) is 5.02 Å². The van der Waals surface area contributed by atoms with Crippen LogP contribution in [0.1, 0.15) is 10.6 Å². The molecular weight excluding hydrogens is 379 g/mol. The van der Waals surface area contributed by atoms with E-state index < -0.39 is 5.91 Å². The van der Waals surface area contributed by atoms with Crippen molar-refractivity contribution in [1.82, 2.24) is 14.8 Å². The molecule has 0 unspecified atom stereocenters. The van der Waals surface area contributed by atoms with Gasteiger partial charge in [0.25, 0.3) is 5.91 Å². The number of hydrogen-bond acceptors (Lipinski definition) is 3. The summed E-state index contributed by atoms with van der Waals surface area (Å²) in [6.07, 6.45) is 0. The van der Waals surface area contributed by atoms with Gasteiger partial charge in [-0.25, -0.2) is 14.1 Å². The molecule has 1 amide bonds. The highest BCUT2D eigenvalue weighted by molar-refractivity contribution is 6.32. The Bertz CT molecular complexity index is 1130. The number of halogens is 2. The first-order chi connectivity index (χ1) is 13.6. The van der Waals surface area contributed by atoms with Crippen molar-refractivity contribution < 1.29 is 9.18 Å². The monoisotopic (exact) mass is 392 g/mol. The molecule has 5 nitrogen and oxygen atoms in total. The van der Waals surface area contributed by atoms with Crippen molar-refractivity contribution in [1.29, 1.82) is 0 Å². The number of nitrogens with zero attached hydrogens (tertiary/aromatic N) is 3. The standard InChI is InChI=1S/C21H14ClFN4O/c22-17-8-4-5-9-18(17)27-20(14-6-2-1-3-7-14)25-19(26-27)21(28)24-16-12-10-15(23)11-13-16/h1-13H,(H,24,28). The molecule has 138 valence electrons. The predicted octanol–water partition coefficient (Wildman–Crippen LogP) is 4.98. The van der Waals surface area contributed by atoms with Gasteiger partial charge < -0.3 is 5.32 Å². The maximum absolute atomic E-state index is 13.1. The summed E-state index contributed by atoms with van der Waals surface area (Å²) in [5.41, 5.74) is 1.84. The summed E-state index contributed by atoms with van der Waals surface area (Å²) < 4.78 is 14.6. The molecule has 1 aromatic heterocycles. The van der Waals surface area contributed by atoms with Gasteiger partial charge in [-0.1, -0.05) is 54.1 Å². The third kappa shape index (κ3) is 3.63. The molecule has 0 aliphatic heterocycles. The number of carbonyl (C=O) groups excluding carboxylic acids is 1. The molecule has 28 heavy (non-hydrogen) atoms. The van der Waals surface area contributed by atoms with E-state index in [0.717, 1.165) is 5.56 Å². The highest BCUT2D eigenvalue weighted by Gasteiger charge is 2.20. The number of anilines is 1. The van der Waals surface area contributed by atoms with Gasteiger partial charge >= 0.3 is 0 Å². The molecule has 0 saturated carbocycles. The van der Waals surface area contributed by atoms with E-state index in [2.05, 4.69) is 15.4 Å². The molecule has 0 aliphatic carbocycles. The summed E-state index contributed by atoms with van der Waals surface area (Å²) in [7, 11) is 0. The van der Waals surface area contributed by atoms with Crippen LogP contribution in [0.4, 0.5) is 10.1 Å². The maximum atomic E-state index is 13.1. The zero-order valence-corrected chi connectivity index (χ0v) is 15.3. The zero-order chi connectivity index (χ0) is 19.5. The fourth-order valence-corrected chi connectivity index (χ4v) is 2.91. The Morgan fingerprint density at radius 3 is 2.32 bits per heavy atom. The molecule has 0 aliphatic rings. The summed E-state index contributed by atoms with van der Waals surface area (Å²) in [6, 6.07) is 22.0. The van der Waals surface area contributed by atoms with Crippen LogP contribution in [0.5, 0.6) is 0 Å². The second-order valence-corrected chi connectivity index (χ2v) is 6.36. The van der Waals surface area contributed by atoms with E-state index in [4.69, 9.17) is 11.6 Å². The number of nitrogens with one attached hydrogen (secondary N) is 1. The molecule has 3 aromatic carbocycles. The lowest BCUT2D eigenvalue weighted by Gasteiger charge is -2.07. The number of amides is 1. The lowest BCUT2D eigenvalue weighted by Crippen LogP contribution is -2.14. The third-order valence-corrected chi connectivity index (χ3v) is 4.34. The minimum absolute atomic E-state index is 0.0249. The third-order valence-electron chi connectivity index (χ3n) is 4.02. The van der Waals surface area contributed by atoms with E-state index in [1.54, 1.807) is 12.1 Å². The minimum atomic E-state index is -0.505. The second-order valence-electron chi connectivity index (χ2n) is 5.95. The topological polar surface area (TPSA) is 59.8 Å². The predicted molar refractivity (Wildman–Crippen MR) is 106 cm³/mol. The molecule has 0 atom stereocenters. The van der Waals surface area contributed by atoms with E-state index in [-0.39, 0.29) is 11.6 Å². The van der Waals surface area contributed by atoms with Crippen molar-refractivity contribution in [3.8, 4) is 17.1 Å². The summed E-state index contributed by atoms with van der Waals surface area (Å²) in [5.74, 6) is -0.430. The minimum Gasteiger partial charge on any atom is -0.319 e. The molecule has 0 radical (unpaired) electrons. The first-order valence-electron chi connectivity index (χ1n) is 8.46. The zero-order valence-electron chi connectivity index (χ0n) is 14.5. The Morgan fingerprint density at radius 2 is 1.61 bits per heavy atom. The van der Waals surface area contributed by atoms with Gasteiger partial charge in [-0.15, -0.1) is 5.10 Å². The largest absolute Gasteiger partial charge is 0.319 e. The Morgan fingerprint density at radius 1 is 0.929 bits per heavy atom. The van der Waals surface area contributed by atoms with Crippen molar-refractivity contribution in [3.63, 3.8) is 0 Å². The number of rotatable bonds is 4. The van der Waals surface area contributed by atoms with Crippen molar-refractivity contribution in [3.05, 3.63) is 95.5 Å². The first kappa shape index (κ1) is 17.9. The van der Waals surface area contributed by atoms with Gasteiger partial charge in [0.1, 0.15) is 5.82 Å². The van der Waals surface area contributed by atoms with Crippen molar-refractivity contribution in [2.24, 2.45) is 0 Å². The fraction of sp³-hybridized carbons (Fsp3) is 0. The van der Waals surface area contributed by atoms with E-state index in [1.165, 1.54) is 28.9 Å². The Labute approximate surface area is 165 Å². The van der Waals surface area contributed by atoms with Crippen LogP contribution in [0.25, 0.3) is 17.1 Å². The smallest absolute Gasteiger partial charge is 0.295 e. The van der Waals surface area contributed by atoms with Crippen LogP contribution in [-0.4, -0.2) is 20.7 Å². The molecule has 4 aromatic rings. The second kappa shape index (κ2) is 7.62. The van der Waals surface area contributed by atoms with E-state index >= 15 is 0 Å². The molecule has 0 saturated heterocycles. The van der Waals surface area contributed by atoms with Crippen LogP contribution in [0.3, 0.4) is 0 Å². The van der Waals surface area contributed by atoms with Crippen molar-refractivity contribution >= 4 is 23.2 Å². The van der Waals surface area contributed by atoms with Gasteiger partial charge in [-0.05, 0) is 36.4 Å². The number of hydrogen-bond donors (Lipinski definition) is 1. The van der Waals surface area contributed by atoms with Crippen LogP contribution < -0.4 is 5.32 Å².